The molecular weight excluding hydrogens is 404 g/mol. The number of aliphatic hydroxyl groups is 1. The number of H-pyrrole nitrogens is 1. The van der Waals surface area contributed by atoms with Crippen LogP contribution in [0.1, 0.15) is 53.6 Å². The molecule has 1 aliphatic carbocycles. The number of carbonyl (C=O) groups excluding carboxylic acids is 1. The van der Waals surface area contributed by atoms with Crippen molar-refractivity contribution in [2.24, 2.45) is 0 Å². The lowest BCUT2D eigenvalue weighted by Crippen LogP contribution is -2.42. The van der Waals surface area contributed by atoms with E-state index in [2.05, 4.69) is 22.1 Å². The number of fused-ring (bicyclic) bond motifs is 1. The molecular formula is C26H26N2O4. The number of rotatable bonds is 5. The van der Waals surface area contributed by atoms with Gasteiger partial charge in [0.05, 0.1) is 0 Å². The van der Waals surface area contributed by atoms with Crippen molar-refractivity contribution < 1.29 is 19.8 Å². The van der Waals surface area contributed by atoms with Crippen LogP contribution in [0.3, 0.4) is 0 Å². The van der Waals surface area contributed by atoms with Gasteiger partial charge in [0, 0.05) is 34.6 Å². The minimum absolute atomic E-state index is 0.174. The topological polar surface area (TPSA) is 102 Å². The summed E-state index contributed by atoms with van der Waals surface area (Å²) in [7, 11) is 0. The Labute approximate surface area is 186 Å². The average Bonchev–Trinajstić information content (AvgIpc) is 3.21. The zero-order valence-corrected chi connectivity index (χ0v) is 17.7. The number of carbonyl (C=O) groups is 2. The summed E-state index contributed by atoms with van der Waals surface area (Å²) in [6.07, 6.45) is 6.42. The second-order valence-electron chi connectivity index (χ2n) is 8.35. The monoisotopic (exact) mass is 430 g/mol. The van der Waals surface area contributed by atoms with E-state index >= 15 is 0 Å². The Kier molecular flexibility index (Phi) is 6.29. The van der Waals surface area contributed by atoms with Crippen LogP contribution < -0.4 is 5.32 Å². The van der Waals surface area contributed by atoms with Crippen LogP contribution in [0.4, 0.5) is 0 Å². The maximum Gasteiger partial charge on any atom is 0.326 e. The molecule has 4 rings (SSSR count). The van der Waals surface area contributed by atoms with Crippen LogP contribution in [0.5, 0.6) is 0 Å². The predicted octanol–water partition coefficient (Wildman–Crippen LogP) is 3.64. The molecule has 6 heteroatoms. The van der Waals surface area contributed by atoms with Crippen LogP contribution >= 0.6 is 0 Å². The molecule has 0 radical (unpaired) electrons. The molecule has 1 saturated carbocycles. The third kappa shape index (κ3) is 5.01. The molecule has 1 aromatic heterocycles. The summed E-state index contributed by atoms with van der Waals surface area (Å²) >= 11 is 0. The molecule has 2 aromatic carbocycles. The number of nitrogens with one attached hydrogen (secondary N) is 2. The van der Waals surface area contributed by atoms with Crippen molar-refractivity contribution in [3.05, 3.63) is 71.4 Å². The maximum atomic E-state index is 12.7. The zero-order valence-electron chi connectivity index (χ0n) is 17.7. The van der Waals surface area contributed by atoms with Gasteiger partial charge in [-0.3, -0.25) is 4.79 Å². The number of hydrogen-bond acceptors (Lipinski definition) is 3. The highest BCUT2D eigenvalue weighted by molar-refractivity contribution is 5.97. The van der Waals surface area contributed by atoms with Gasteiger partial charge in [-0.25, -0.2) is 4.79 Å². The van der Waals surface area contributed by atoms with Gasteiger partial charge in [0.2, 0.25) is 0 Å². The van der Waals surface area contributed by atoms with Gasteiger partial charge in [-0.1, -0.05) is 36.5 Å². The first kappa shape index (κ1) is 21.7. The van der Waals surface area contributed by atoms with Gasteiger partial charge < -0.3 is 20.5 Å². The average molecular weight is 431 g/mol. The summed E-state index contributed by atoms with van der Waals surface area (Å²) in [5.74, 6) is 4.42. The quantitative estimate of drug-likeness (QED) is 0.464. The molecule has 1 fully saturated rings. The summed E-state index contributed by atoms with van der Waals surface area (Å²) < 4.78 is 0. The highest BCUT2D eigenvalue weighted by Crippen LogP contribution is 2.27. The van der Waals surface area contributed by atoms with Gasteiger partial charge in [0.1, 0.15) is 11.6 Å². The van der Waals surface area contributed by atoms with Crippen LogP contribution in [-0.2, 0) is 11.2 Å². The Morgan fingerprint density at radius 2 is 1.78 bits per heavy atom. The first-order valence-corrected chi connectivity index (χ1v) is 10.9. The van der Waals surface area contributed by atoms with E-state index in [-0.39, 0.29) is 6.42 Å². The molecule has 6 nitrogen and oxygen atoms in total. The van der Waals surface area contributed by atoms with E-state index in [1.165, 1.54) is 0 Å². The number of carboxylic acid groups (broad SMARTS) is 1. The van der Waals surface area contributed by atoms with E-state index in [0.717, 1.165) is 35.7 Å². The lowest BCUT2D eigenvalue weighted by Gasteiger charge is -2.26. The van der Waals surface area contributed by atoms with Crippen molar-refractivity contribution in [1.29, 1.82) is 0 Å². The highest BCUT2D eigenvalue weighted by atomic mass is 16.4. The molecule has 32 heavy (non-hydrogen) atoms. The summed E-state index contributed by atoms with van der Waals surface area (Å²) in [6, 6.07) is 13.3. The fourth-order valence-electron chi connectivity index (χ4n) is 4.12. The summed E-state index contributed by atoms with van der Waals surface area (Å²) in [6.45, 7) is 0. The number of aromatic amines is 1. The largest absolute Gasteiger partial charge is 0.480 e. The van der Waals surface area contributed by atoms with Crippen LogP contribution in [0.2, 0.25) is 0 Å². The van der Waals surface area contributed by atoms with Gasteiger partial charge in [-0.05, 0) is 61.6 Å². The molecule has 0 unspecified atom stereocenters. The van der Waals surface area contributed by atoms with Gasteiger partial charge in [-0.2, -0.15) is 0 Å². The molecule has 0 bridgehead atoms. The molecule has 4 N–H and O–H groups in total. The number of aromatic nitrogens is 1. The molecule has 1 amide bonds. The van der Waals surface area contributed by atoms with Gasteiger partial charge in [-0.15, -0.1) is 0 Å². The Morgan fingerprint density at radius 1 is 1.06 bits per heavy atom. The zero-order chi connectivity index (χ0) is 22.6. The fourth-order valence-corrected chi connectivity index (χ4v) is 4.12. The molecule has 0 spiro atoms. The molecule has 1 aliphatic rings. The number of hydrogen-bond donors (Lipinski definition) is 4. The third-order valence-electron chi connectivity index (χ3n) is 5.97. The number of benzene rings is 2. The fraction of sp³-hybridized carbons (Fsp3) is 0.308. The predicted molar refractivity (Wildman–Crippen MR) is 122 cm³/mol. The lowest BCUT2D eigenvalue weighted by molar-refractivity contribution is -0.139. The Bertz CT molecular complexity index is 1180. The summed E-state index contributed by atoms with van der Waals surface area (Å²) in [5.41, 5.74) is 1.89. The molecule has 3 aromatic rings. The van der Waals surface area contributed by atoms with E-state index < -0.39 is 23.5 Å². The molecule has 1 atom stereocenters. The standard InChI is InChI=1S/C26H26N2O4/c29-24(19-10-8-18(9-11-19)12-15-26(32)13-4-1-5-14-26)28-23(25(30)31)16-20-17-27-22-7-3-2-6-21(20)22/h2-3,6-11,17,23,27,32H,1,4-5,13-14,16H2,(H,28,29)(H,30,31)/t23-/m1/s1. The van der Waals surface area contributed by atoms with Gasteiger partial charge >= 0.3 is 5.97 Å². The second-order valence-corrected chi connectivity index (χ2v) is 8.35. The van der Waals surface area contributed by atoms with Crippen molar-refractivity contribution in [1.82, 2.24) is 10.3 Å². The van der Waals surface area contributed by atoms with E-state index in [1.807, 2.05) is 24.3 Å². The van der Waals surface area contributed by atoms with Crippen molar-refractivity contribution >= 4 is 22.8 Å². The Balaban J connectivity index is 1.43. The van der Waals surface area contributed by atoms with Crippen LogP contribution in [0.25, 0.3) is 10.9 Å². The van der Waals surface area contributed by atoms with Crippen LogP contribution in [-0.4, -0.2) is 38.7 Å². The molecule has 0 saturated heterocycles. The van der Waals surface area contributed by atoms with Crippen molar-refractivity contribution in [3.8, 4) is 11.8 Å². The minimum atomic E-state index is -1.09. The maximum absolute atomic E-state index is 12.7. The Morgan fingerprint density at radius 3 is 2.50 bits per heavy atom. The summed E-state index contributed by atoms with van der Waals surface area (Å²) in [4.78, 5) is 27.6. The van der Waals surface area contributed by atoms with E-state index in [9.17, 15) is 19.8 Å². The third-order valence-corrected chi connectivity index (χ3v) is 5.97. The van der Waals surface area contributed by atoms with E-state index in [1.54, 1.807) is 30.5 Å². The van der Waals surface area contributed by atoms with Crippen LogP contribution in [0.15, 0.2) is 54.7 Å². The minimum Gasteiger partial charge on any atom is -0.480 e. The van der Waals surface area contributed by atoms with Gasteiger partial charge in [0.25, 0.3) is 5.91 Å². The number of para-hydroxylation sites is 1. The number of aliphatic carboxylic acids is 1. The lowest BCUT2D eigenvalue weighted by atomic mass is 9.85. The highest BCUT2D eigenvalue weighted by Gasteiger charge is 2.26. The van der Waals surface area contributed by atoms with Crippen molar-refractivity contribution in [2.75, 3.05) is 0 Å². The molecule has 0 aliphatic heterocycles. The second kappa shape index (κ2) is 9.29. The van der Waals surface area contributed by atoms with Crippen molar-refractivity contribution in [3.63, 3.8) is 0 Å². The first-order valence-electron chi connectivity index (χ1n) is 10.9. The summed E-state index contributed by atoms with van der Waals surface area (Å²) in [5, 5.41) is 23.7. The first-order chi connectivity index (χ1) is 15.4. The molecule has 164 valence electrons. The van der Waals surface area contributed by atoms with E-state index in [4.69, 9.17) is 0 Å². The van der Waals surface area contributed by atoms with Gasteiger partial charge in [0.15, 0.2) is 0 Å². The Hall–Kier alpha value is -3.56. The molecule has 1 heterocycles. The van der Waals surface area contributed by atoms with E-state index in [0.29, 0.717) is 24.0 Å². The van der Waals surface area contributed by atoms with Crippen molar-refractivity contribution in [2.45, 2.75) is 50.2 Å². The number of carboxylic acids is 1. The van der Waals surface area contributed by atoms with Crippen LogP contribution in [0, 0.1) is 11.8 Å². The normalized spacial score (nSPS) is 16.0. The SMILES string of the molecule is O=C(N[C@H](Cc1c[nH]c2ccccc12)C(=O)O)c1ccc(C#CC2(O)CCCCC2)cc1. The smallest absolute Gasteiger partial charge is 0.326 e. The number of amides is 1.